The van der Waals surface area contributed by atoms with Crippen LogP contribution in [0.15, 0.2) is 59.5 Å². The summed E-state index contributed by atoms with van der Waals surface area (Å²) in [5.74, 6) is -0.257. The molecule has 120 valence electrons. The molecule has 24 heavy (non-hydrogen) atoms. The van der Waals surface area contributed by atoms with E-state index in [-0.39, 0.29) is 11.6 Å². The number of hydrazine groups is 1. The van der Waals surface area contributed by atoms with Gasteiger partial charge in [0.1, 0.15) is 0 Å². The number of thiocarbonyl (C=S) groups is 1. The molecule has 1 heterocycles. The zero-order valence-electron chi connectivity index (χ0n) is 12.2. The Labute approximate surface area is 147 Å². The molecule has 0 saturated carbocycles. The highest BCUT2D eigenvalue weighted by atomic mass is 32.2. The van der Waals surface area contributed by atoms with Gasteiger partial charge >= 0.3 is 0 Å². The number of benzene rings is 2. The summed E-state index contributed by atoms with van der Waals surface area (Å²) in [6, 6.07) is 15.2. The third-order valence-electron chi connectivity index (χ3n) is 3.21. The average molecular weight is 357 g/mol. The number of amides is 1. The van der Waals surface area contributed by atoms with Gasteiger partial charge in [-0.1, -0.05) is 30.0 Å². The lowest BCUT2D eigenvalue weighted by molar-refractivity contribution is -0.384. The number of hydrogen-bond acceptors (Lipinski definition) is 6. The van der Waals surface area contributed by atoms with E-state index in [4.69, 9.17) is 12.2 Å². The summed E-state index contributed by atoms with van der Waals surface area (Å²) in [5.41, 5.74) is 4.43. The molecule has 0 radical (unpaired) electrons. The number of carbonyl (C=O) groups is 1. The van der Waals surface area contributed by atoms with Gasteiger partial charge in [0.05, 0.1) is 15.5 Å². The number of nitrogens with zero attached hydrogens (tertiary/aromatic N) is 2. The highest BCUT2D eigenvalue weighted by Crippen LogP contribution is 2.32. The van der Waals surface area contributed by atoms with Gasteiger partial charge in [0.2, 0.25) is 0 Å². The van der Waals surface area contributed by atoms with Crippen LogP contribution in [0.25, 0.3) is 6.08 Å². The van der Waals surface area contributed by atoms with Gasteiger partial charge in [0.15, 0.2) is 4.32 Å². The second-order valence-corrected chi connectivity index (χ2v) is 6.52. The maximum atomic E-state index is 12.5. The van der Waals surface area contributed by atoms with Crippen molar-refractivity contribution < 1.29 is 9.72 Å². The monoisotopic (exact) mass is 357 g/mol. The molecule has 6 nitrogen and oxygen atoms in total. The number of thioether (sulfide) groups is 1. The van der Waals surface area contributed by atoms with Crippen molar-refractivity contribution >= 4 is 51.7 Å². The van der Waals surface area contributed by atoms with Crippen molar-refractivity contribution in [2.75, 3.05) is 5.43 Å². The molecule has 0 aliphatic carbocycles. The largest absolute Gasteiger partial charge is 0.290 e. The lowest BCUT2D eigenvalue weighted by atomic mass is 10.2. The van der Waals surface area contributed by atoms with Crippen LogP contribution >= 0.6 is 24.0 Å². The predicted octanol–water partition coefficient (Wildman–Crippen LogP) is 3.82. The fourth-order valence-electron chi connectivity index (χ4n) is 2.05. The SMILES string of the molecule is O=C1/C(=C\c2ccc([N+](=O)[O-])cc2)SC(=S)N1Nc1ccccc1. The number of rotatable bonds is 4. The van der Waals surface area contributed by atoms with Crippen LogP contribution in [-0.4, -0.2) is 20.2 Å². The minimum absolute atomic E-state index is 0.00504. The van der Waals surface area contributed by atoms with E-state index in [9.17, 15) is 14.9 Å². The van der Waals surface area contributed by atoms with Crippen LogP contribution in [0.4, 0.5) is 11.4 Å². The highest BCUT2D eigenvalue weighted by Gasteiger charge is 2.32. The van der Waals surface area contributed by atoms with E-state index >= 15 is 0 Å². The smallest absolute Gasteiger partial charge is 0.285 e. The molecule has 1 amide bonds. The lowest BCUT2D eigenvalue weighted by Gasteiger charge is -2.16. The van der Waals surface area contributed by atoms with Gasteiger partial charge in [0, 0.05) is 12.1 Å². The third kappa shape index (κ3) is 3.44. The van der Waals surface area contributed by atoms with E-state index in [1.807, 2.05) is 30.3 Å². The van der Waals surface area contributed by atoms with E-state index in [0.29, 0.717) is 14.8 Å². The van der Waals surface area contributed by atoms with Crippen molar-refractivity contribution in [1.29, 1.82) is 0 Å². The molecule has 1 saturated heterocycles. The number of nitrogens with one attached hydrogen (secondary N) is 1. The Morgan fingerprint density at radius 3 is 2.42 bits per heavy atom. The fourth-order valence-corrected chi connectivity index (χ4v) is 3.23. The van der Waals surface area contributed by atoms with Crippen molar-refractivity contribution in [1.82, 2.24) is 5.01 Å². The van der Waals surface area contributed by atoms with Crippen molar-refractivity contribution in [2.45, 2.75) is 0 Å². The third-order valence-corrected chi connectivity index (χ3v) is 4.51. The van der Waals surface area contributed by atoms with E-state index < -0.39 is 4.92 Å². The summed E-state index contributed by atoms with van der Waals surface area (Å²) in [6.07, 6.45) is 1.66. The quantitative estimate of drug-likeness (QED) is 0.388. The first-order valence-corrected chi connectivity index (χ1v) is 8.11. The molecule has 2 aromatic rings. The van der Waals surface area contributed by atoms with Crippen molar-refractivity contribution in [3.63, 3.8) is 0 Å². The van der Waals surface area contributed by atoms with Crippen LogP contribution in [0.5, 0.6) is 0 Å². The summed E-state index contributed by atoms with van der Waals surface area (Å²) < 4.78 is 0.400. The molecule has 1 fully saturated rings. The van der Waals surface area contributed by atoms with Gasteiger partial charge in [-0.25, -0.2) is 5.01 Å². The summed E-state index contributed by atoms with van der Waals surface area (Å²) in [7, 11) is 0. The number of anilines is 1. The number of carbonyl (C=O) groups excluding carboxylic acids is 1. The van der Waals surface area contributed by atoms with Crippen LogP contribution < -0.4 is 5.43 Å². The van der Waals surface area contributed by atoms with Crippen LogP contribution in [0.1, 0.15) is 5.56 Å². The first-order chi connectivity index (χ1) is 11.5. The minimum Gasteiger partial charge on any atom is -0.290 e. The van der Waals surface area contributed by atoms with Gasteiger partial charge in [-0.3, -0.25) is 20.3 Å². The van der Waals surface area contributed by atoms with Gasteiger partial charge < -0.3 is 0 Å². The standard InChI is InChI=1S/C16H11N3O3S2/c20-15-14(10-11-6-8-13(9-7-11)19(21)22)24-16(23)18(15)17-12-4-2-1-3-5-12/h1-10,17H/b14-10+. The minimum atomic E-state index is -0.465. The molecule has 0 bridgehead atoms. The second kappa shape index (κ2) is 6.81. The Balaban J connectivity index is 1.79. The first-order valence-electron chi connectivity index (χ1n) is 6.89. The Morgan fingerprint density at radius 1 is 1.12 bits per heavy atom. The Kier molecular flexibility index (Phi) is 4.59. The zero-order valence-corrected chi connectivity index (χ0v) is 13.8. The average Bonchev–Trinajstić information content (AvgIpc) is 2.84. The van der Waals surface area contributed by atoms with Crippen molar-refractivity contribution in [3.8, 4) is 0 Å². The predicted molar refractivity (Wildman–Crippen MR) is 98.2 cm³/mol. The normalized spacial score (nSPS) is 15.8. The maximum Gasteiger partial charge on any atom is 0.285 e. The van der Waals surface area contributed by atoms with E-state index in [1.165, 1.54) is 28.9 Å². The highest BCUT2D eigenvalue weighted by molar-refractivity contribution is 8.26. The summed E-state index contributed by atoms with van der Waals surface area (Å²) in [5, 5.41) is 12.0. The van der Waals surface area contributed by atoms with Crippen molar-refractivity contribution in [2.24, 2.45) is 0 Å². The Hall–Kier alpha value is -2.71. The second-order valence-electron chi connectivity index (χ2n) is 4.84. The van der Waals surface area contributed by atoms with Gasteiger partial charge in [-0.05, 0) is 48.1 Å². The van der Waals surface area contributed by atoms with E-state index in [2.05, 4.69) is 5.43 Å². The maximum absolute atomic E-state index is 12.5. The van der Waals surface area contributed by atoms with E-state index in [1.54, 1.807) is 18.2 Å². The molecule has 2 aromatic carbocycles. The van der Waals surface area contributed by atoms with Gasteiger partial charge in [0.25, 0.3) is 11.6 Å². The molecular weight excluding hydrogens is 346 g/mol. The number of non-ortho nitro benzene ring substituents is 1. The molecular formula is C16H11N3O3S2. The molecule has 1 aliphatic heterocycles. The Morgan fingerprint density at radius 2 is 1.79 bits per heavy atom. The van der Waals surface area contributed by atoms with Crippen LogP contribution in [0.3, 0.4) is 0 Å². The first kappa shape index (κ1) is 16.2. The number of hydrogen-bond donors (Lipinski definition) is 1. The number of nitro benzene ring substituents is 1. The van der Waals surface area contributed by atoms with Crippen LogP contribution in [0.2, 0.25) is 0 Å². The fraction of sp³-hybridized carbons (Fsp3) is 0. The number of para-hydroxylation sites is 1. The lowest BCUT2D eigenvalue weighted by Crippen LogP contribution is -2.33. The summed E-state index contributed by atoms with van der Waals surface area (Å²) in [6.45, 7) is 0. The van der Waals surface area contributed by atoms with Gasteiger partial charge in [-0.15, -0.1) is 0 Å². The molecule has 8 heteroatoms. The molecule has 1 N–H and O–H groups in total. The zero-order chi connectivity index (χ0) is 17.1. The molecule has 0 atom stereocenters. The number of nitro groups is 1. The summed E-state index contributed by atoms with van der Waals surface area (Å²) in [4.78, 5) is 23.1. The van der Waals surface area contributed by atoms with Crippen molar-refractivity contribution in [3.05, 3.63) is 75.2 Å². The van der Waals surface area contributed by atoms with Gasteiger partial charge in [-0.2, -0.15) is 0 Å². The molecule has 0 unspecified atom stereocenters. The van der Waals surface area contributed by atoms with Crippen LogP contribution in [0, 0.1) is 10.1 Å². The topological polar surface area (TPSA) is 75.5 Å². The molecule has 0 spiro atoms. The van der Waals surface area contributed by atoms with Crippen LogP contribution in [-0.2, 0) is 4.79 Å². The molecule has 0 aromatic heterocycles. The molecule has 3 rings (SSSR count). The summed E-state index contributed by atoms with van der Waals surface area (Å²) >= 11 is 6.42. The molecule has 1 aliphatic rings. The van der Waals surface area contributed by atoms with E-state index in [0.717, 1.165) is 5.69 Å². The Bertz CT molecular complexity index is 835.